The van der Waals surface area contributed by atoms with E-state index in [0.717, 1.165) is 18.4 Å². The van der Waals surface area contributed by atoms with Crippen LogP contribution in [0, 0.1) is 0 Å². The number of hydrogen-bond donors (Lipinski definition) is 0. The van der Waals surface area contributed by atoms with Gasteiger partial charge in [0.15, 0.2) is 5.78 Å². The molecule has 2 aromatic carbocycles. The molecule has 6 heteroatoms. The predicted molar refractivity (Wildman–Crippen MR) is 116 cm³/mol. The first kappa shape index (κ1) is 28.4. The predicted octanol–water partition coefficient (Wildman–Crippen LogP) is 4.92. The van der Waals surface area contributed by atoms with Crippen LogP contribution in [0.5, 0.6) is 0 Å². The number of allylic oxidation sites excluding steroid dienone is 1. The molecular formula is C24H28O6. The molecule has 0 radical (unpaired) electrons. The van der Waals surface area contributed by atoms with Crippen LogP contribution < -0.4 is 0 Å². The van der Waals surface area contributed by atoms with Gasteiger partial charge in [-0.05, 0) is 0 Å². The van der Waals surface area contributed by atoms with Crippen LogP contribution in [0.3, 0.4) is 0 Å². The van der Waals surface area contributed by atoms with Crippen molar-refractivity contribution in [3.05, 3.63) is 96.8 Å². The van der Waals surface area contributed by atoms with Crippen LogP contribution in [-0.4, -0.2) is 24.2 Å². The molecule has 0 aromatic heterocycles. The fourth-order valence-corrected chi connectivity index (χ4v) is 1.52. The van der Waals surface area contributed by atoms with Crippen LogP contribution in [0.15, 0.2) is 91.2 Å². The normalized spacial score (nSPS) is 10.4. The molecule has 0 unspecified atom stereocenters. The van der Waals surface area contributed by atoms with Crippen molar-refractivity contribution >= 4 is 24.2 Å². The molecule has 0 atom stereocenters. The van der Waals surface area contributed by atoms with Gasteiger partial charge in [-0.1, -0.05) is 94.4 Å². The molecule has 0 saturated carbocycles. The second-order valence-corrected chi connectivity index (χ2v) is 4.49. The number of ketones is 1. The van der Waals surface area contributed by atoms with E-state index in [9.17, 15) is 19.2 Å². The summed E-state index contributed by atoms with van der Waals surface area (Å²) in [6.07, 6.45) is 4.43. The van der Waals surface area contributed by atoms with Gasteiger partial charge in [-0.15, -0.1) is 0 Å². The van der Waals surface area contributed by atoms with Gasteiger partial charge in [0.25, 0.3) is 6.47 Å². The smallest absolute Gasteiger partial charge is 0.338 e. The van der Waals surface area contributed by atoms with E-state index >= 15 is 0 Å². The van der Waals surface area contributed by atoms with E-state index in [1.165, 1.54) is 6.08 Å². The average Bonchev–Trinajstić information content (AvgIpc) is 3.21. The number of ether oxygens (including phenoxy) is 2. The molecule has 2 aromatic rings. The van der Waals surface area contributed by atoms with Crippen LogP contribution in [0.2, 0.25) is 0 Å². The Bertz CT molecular complexity index is 722. The molecule has 0 spiro atoms. The number of esters is 2. The van der Waals surface area contributed by atoms with E-state index < -0.39 is 11.9 Å². The second-order valence-electron chi connectivity index (χ2n) is 4.49. The van der Waals surface area contributed by atoms with Gasteiger partial charge in [0.2, 0.25) is 0 Å². The van der Waals surface area contributed by atoms with E-state index in [4.69, 9.17) is 0 Å². The Morgan fingerprint density at radius 1 is 0.767 bits per heavy atom. The maximum Gasteiger partial charge on any atom is 0.338 e. The standard InChI is InChI=1S/C10H8O3.C6H6.C4H2O3.2C2H6/c11-8-13-7-6-10(12)9-4-2-1-3-5-9;1-2-4-6-5-3-1;5-3-1-2-4(6)7-3;2*1-2/h1-8H;1-6H;1-2H;2*1-2H3/b7-6+;;;;. The van der Waals surface area contributed by atoms with Crippen molar-refractivity contribution in [2.24, 2.45) is 0 Å². The molecule has 1 heterocycles. The van der Waals surface area contributed by atoms with Crippen molar-refractivity contribution < 1.29 is 28.7 Å². The zero-order valence-corrected chi connectivity index (χ0v) is 17.7. The minimum absolute atomic E-state index is 0.192. The van der Waals surface area contributed by atoms with Gasteiger partial charge in [-0.25, -0.2) is 9.59 Å². The van der Waals surface area contributed by atoms with Crippen molar-refractivity contribution in [3.8, 4) is 0 Å². The molecule has 0 bridgehead atoms. The molecule has 1 aliphatic heterocycles. The van der Waals surface area contributed by atoms with Crippen molar-refractivity contribution in [2.45, 2.75) is 27.7 Å². The molecule has 0 N–H and O–H groups in total. The van der Waals surface area contributed by atoms with Crippen molar-refractivity contribution in [3.63, 3.8) is 0 Å². The number of benzene rings is 2. The van der Waals surface area contributed by atoms with Crippen molar-refractivity contribution in [1.29, 1.82) is 0 Å². The van der Waals surface area contributed by atoms with Gasteiger partial charge in [0, 0.05) is 23.8 Å². The summed E-state index contributed by atoms with van der Waals surface area (Å²) in [5.41, 5.74) is 0.563. The monoisotopic (exact) mass is 412 g/mol. The maximum absolute atomic E-state index is 11.2. The third kappa shape index (κ3) is 16.4. The first-order valence-corrected chi connectivity index (χ1v) is 9.42. The van der Waals surface area contributed by atoms with E-state index in [2.05, 4.69) is 9.47 Å². The van der Waals surface area contributed by atoms with E-state index in [1.807, 2.05) is 70.2 Å². The first-order chi connectivity index (χ1) is 14.6. The number of cyclic esters (lactones) is 2. The minimum Gasteiger partial charge on any atom is -0.437 e. The summed E-state index contributed by atoms with van der Waals surface area (Å²) in [5, 5.41) is 0. The average molecular weight is 412 g/mol. The van der Waals surface area contributed by atoms with Gasteiger partial charge in [0.1, 0.15) is 0 Å². The van der Waals surface area contributed by atoms with Gasteiger partial charge in [-0.3, -0.25) is 9.59 Å². The number of carbonyl (C=O) groups excluding carboxylic acids is 4. The highest BCUT2D eigenvalue weighted by atomic mass is 16.6. The Balaban J connectivity index is 0. The Kier molecular flexibility index (Phi) is 20.4. The Labute approximate surface area is 177 Å². The van der Waals surface area contributed by atoms with Crippen molar-refractivity contribution in [2.75, 3.05) is 0 Å². The summed E-state index contributed by atoms with van der Waals surface area (Å²) >= 11 is 0. The second kappa shape index (κ2) is 21.5. The maximum atomic E-state index is 11.2. The third-order valence-electron chi connectivity index (χ3n) is 2.64. The largest absolute Gasteiger partial charge is 0.437 e. The summed E-state index contributed by atoms with van der Waals surface area (Å²) in [4.78, 5) is 40.8. The summed E-state index contributed by atoms with van der Waals surface area (Å²) in [5.74, 6) is -1.35. The SMILES string of the molecule is CC.CC.O=C1C=CC(=O)O1.O=CO/C=C/C(=O)c1ccccc1.c1ccccc1. The number of carbonyl (C=O) groups is 4. The zero-order valence-electron chi connectivity index (χ0n) is 17.7. The fourth-order valence-electron chi connectivity index (χ4n) is 1.52. The van der Waals surface area contributed by atoms with Crippen LogP contribution >= 0.6 is 0 Å². The summed E-state index contributed by atoms with van der Waals surface area (Å²) in [7, 11) is 0. The lowest BCUT2D eigenvalue weighted by atomic mass is 10.1. The summed E-state index contributed by atoms with van der Waals surface area (Å²) in [6, 6.07) is 20.7. The minimum atomic E-state index is -0.579. The number of hydrogen-bond acceptors (Lipinski definition) is 6. The van der Waals surface area contributed by atoms with Gasteiger partial charge in [0.05, 0.1) is 6.26 Å². The van der Waals surface area contributed by atoms with Crippen LogP contribution in [-0.2, 0) is 23.9 Å². The van der Waals surface area contributed by atoms with Crippen LogP contribution in [0.1, 0.15) is 38.1 Å². The van der Waals surface area contributed by atoms with Gasteiger partial charge >= 0.3 is 11.9 Å². The highest BCUT2D eigenvalue weighted by Gasteiger charge is 2.10. The Hall–Kier alpha value is -3.80. The lowest BCUT2D eigenvalue weighted by molar-refractivity contribution is -0.150. The lowest BCUT2D eigenvalue weighted by Gasteiger charge is -1.92. The molecule has 0 aliphatic carbocycles. The molecule has 160 valence electrons. The quantitative estimate of drug-likeness (QED) is 0.177. The van der Waals surface area contributed by atoms with E-state index in [0.29, 0.717) is 5.56 Å². The topological polar surface area (TPSA) is 86.7 Å². The Morgan fingerprint density at radius 2 is 1.17 bits per heavy atom. The molecule has 0 amide bonds. The van der Waals surface area contributed by atoms with E-state index in [1.54, 1.807) is 24.3 Å². The van der Waals surface area contributed by atoms with E-state index in [-0.39, 0.29) is 12.3 Å². The summed E-state index contributed by atoms with van der Waals surface area (Å²) in [6.45, 7) is 8.26. The fraction of sp³-hybridized carbons (Fsp3) is 0.167. The Morgan fingerprint density at radius 3 is 1.50 bits per heavy atom. The van der Waals surface area contributed by atoms with Crippen LogP contribution in [0.4, 0.5) is 0 Å². The summed E-state index contributed by atoms with van der Waals surface area (Å²) < 4.78 is 8.22. The molecule has 0 saturated heterocycles. The van der Waals surface area contributed by atoms with Crippen LogP contribution in [0.25, 0.3) is 0 Å². The molecular weight excluding hydrogens is 384 g/mol. The lowest BCUT2D eigenvalue weighted by Crippen LogP contribution is -1.96. The molecule has 0 fully saturated rings. The zero-order chi connectivity index (χ0) is 23.0. The number of rotatable bonds is 4. The molecule has 6 nitrogen and oxygen atoms in total. The molecule has 30 heavy (non-hydrogen) atoms. The molecule has 3 rings (SSSR count). The van der Waals surface area contributed by atoms with Gasteiger partial charge < -0.3 is 9.47 Å². The highest BCUT2D eigenvalue weighted by molar-refractivity contribution is 6.05. The first-order valence-electron chi connectivity index (χ1n) is 9.42. The third-order valence-corrected chi connectivity index (χ3v) is 2.64. The van der Waals surface area contributed by atoms with Crippen molar-refractivity contribution in [1.82, 2.24) is 0 Å². The van der Waals surface area contributed by atoms with Gasteiger partial charge in [-0.2, -0.15) is 0 Å². The highest BCUT2D eigenvalue weighted by Crippen LogP contribution is 2.00. The molecule has 1 aliphatic rings.